The number of nitrogens with zero attached hydrogens (tertiary/aromatic N) is 1. The van der Waals surface area contributed by atoms with E-state index in [1.54, 1.807) is 6.07 Å². The Bertz CT molecular complexity index is 374. The van der Waals surface area contributed by atoms with Crippen LogP contribution in [0.5, 0.6) is 0 Å². The Hall–Kier alpha value is -1.49. The summed E-state index contributed by atoms with van der Waals surface area (Å²) in [5, 5.41) is 8.76. The largest absolute Gasteiger partial charge is 0.475 e. The molecule has 1 unspecified atom stereocenters. The van der Waals surface area contributed by atoms with Gasteiger partial charge in [0.15, 0.2) is 5.88 Å². The maximum absolute atomic E-state index is 10.7. The van der Waals surface area contributed by atoms with Crippen LogP contribution in [0.15, 0.2) is 16.5 Å². The summed E-state index contributed by atoms with van der Waals surface area (Å²) in [6.07, 6.45) is 1.15. The molecule has 0 spiro atoms. The maximum Gasteiger partial charge on any atom is 0.371 e. The molecular formula is C11H15NO4. The fourth-order valence-corrected chi connectivity index (χ4v) is 1.78. The first-order chi connectivity index (χ1) is 7.70. The highest BCUT2D eigenvalue weighted by atomic mass is 16.5. The smallest absolute Gasteiger partial charge is 0.371 e. The Labute approximate surface area is 93.6 Å². The van der Waals surface area contributed by atoms with Crippen molar-refractivity contribution >= 4 is 11.9 Å². The van der Waals surface area contributed by atoms with Gasteiger partial charge in [-0.2, -0.15) is 0 Å². The molecule has 1 fully saturated rings. The number of ether oxygens (including phenoxy) is 1. The van der Waals surface area contributed by atoms with Crippen LogP contribution < -0.4 is 4.90 Å². The Balaban J connectivity index is 2.08. The van der Waals surface area contributed by atoms with E-state index in [1.165, 1.54) is 6.07 Å². The molecule has 88 valence electrons. The number of carboxylic acid groups (broad SMARTS) is 1. The molecule has 5 heteroatoms. The number of hydrogen-bond acceptors (Lipinski definition) is 4. The predicted octanol–water partition coefficient (Wildman–Crippen LogP) is 1.59. The van der Waals surface area contributed by atoms with E-state index in [1.807, 2.05) is 4.90 Å². The first kappa shape index (κ1) is 11.0. The molecule has 0 radical (unpaired) electrons. The Morgan fingerprint density at radius 2 is 2.44 bits per heavy atom. The lowest BCUT2D eigenvalue weighted by Crippen LogP contribution is -2.42. The van der Waals surface area contributed by atoms with E-state index < -0.39 is 5.97 Å². The molecule has 0 saturated carbocycles. The van der Waals surface area contributed by atoms with Gasteiger partial charge in [0.05, 0.1) is 12.7 Å². The van der Waals surface area contributed by atoms with Crippen molar-refractivity contribution in [2.45, 2.75) is 19.4 Å². The van der Waals surface area contributed by atoms with Gasteiger partial charge in [0.25, 0.3) is 0 Å². The number of rotatable bonds is 3. The Kier molecular flexibility index (Phi) is 3.14. The first-order valence-electron chi connectivity index (χ1n) is 5.40. The average Bonchev–Trinajstić information content (AvgIpc) is 2.78. The molecule has 16 heavy (non-hydrogen) atoms. The van der Waals surface area contributed by atoms with Gasteiger partial charge in [-0.15, -0.1) is 0 Å². The molecule has 1 saturated heterocycles. The highest BCUT2D eigenvalue weighted by Gasteiger charge is 2.22. The van der Waals surface area contributed by atoms with Crippen molar-refractivity contribution in [3.05, 3.63) is 17.9 Å². The van der Waals surface area contributed by atoms with Gasteiger partial charge in [0.2, 0.25) is 5.76 Å². The van der Waals surface area contributed by atoms with Crippen molar-refractivity contribution in [2.75, 3.05) is 24.6 Å². The Morgan fingerprint density at radius 3 is 3.06 bits per heavy atom. The molecule has 1 aromatic heterocycles. The molecule has 0 aromatic carbocycles. The van der Waals surface area contributed by atoms with Gasteiger partial charge in [-0.1, -0.05) is 6.92 Å². The third kappa shape index (κ3) is 2.19. The molecule has 5 nitrogen and oxygen atoms in total. The molecule has 1 aromatic rings. The number of carboxylic acids is 1. The van der Waals surface area contributed by atoms with E-state index >= 15 is 0 Å². The normalized spacial score (nSPS) is 21.1. The van der Waals surface area contributed by atoms with Gasteiger partial charge >= 0.3 is 5.97 Å². The zero-order valence-corrected chi connectivity index (χ0v) is 9.18. The molecule has 0 amide bonds. The summed E-state index contributed by atoms with van der Waals surface area (Å²) in [5.41, 5.74) is 0. The number of anilines is 1. The van der Waals surface area contributed by atoms with E-state index in [-0.39, 0.29) is 11.9 Å². The second kappa shape index (κ2) is 4.57. The van der Waals surface area contributed by atoms with Gasteiger partial charge in [0, 0.05) is 19.2 Å². The number of furan rings is 1. The fourth-order valence-electron chi connectivity index (χ4n) is 1.78. The van der Waals surface area contributed by atoms with Crippen molar-refractivity contribution in [2.24, 2.45) is 0 Å². The van der Waals surface area contributed by atoms with Gasteiger partial charge in [-0.05, 0) is 12.5 Å². The minimum absolute atomic E-state index is 0.0189. The zero-order chi connectivity index (χ0) is 11.5. The molecule has 0 bridgehead atoms. The lowest BCUT2D eigenvalue weighted by molar-refractivity contribution is 0.0369. The monoisotopic (exact) mass is 225 g/mol. The van der Waals surface area contributed by atoms with Gasteiger partial charge < -0.3 is 19.2 Å². The van der Waals surface area contributed by atoms with Crippen LogP contribution in [-0.4, -0.2) is 36.9 Å². The highest BCUT2D eigenvalue weighted by Crippen LogP contribution is 2.21. The molecule has 1 aliphatic heterocycles. The van der Waals surface area contributed by atoms with E-state index in [0.717, 1.165) is 19.5 Å². The molecule has 1 N–H and O–H groups in total. The highest BCUT2D eigenvalue weighted by molar-refractivity contribution is 5.84. The van der Waals surface area contributed by atoms with Crippen LogP contribution >= 0.6 is 0 Å². The van der Waals surface area contributed by atoms with Crippen molar-refractivity contribution < 1.29 is 19.1 Å². The third-order valence-corrected chi connectivity index (χ3v) is 2.71. The van der Waals surface area contributed by atoms with E-state index in [9.17, 15) is 4.79 Å². The minimum Gasteiger partial charge on any atom is -0.475 e. The van der Waals surface area contributed by atoms with E-state index in [0.29, 0.717) is 12.5 Å². The van der Waals surface area contributed by atoms with Gasteiger partial charge in [-0.3, -0.25) is 0 Å². The predicted molar refractivity (Wildman–Crippen MR) is 57.9 cm³/mol. The van der Waals surface area contributed by atoms with Gasteiger partial charge in [0.1, 0.15) is 0 Å². The second-order valence-electron chi connectivity index (χ2n) is 3.79. The van der Waals surface area contributed by atoms with Crippen molar-refractivity contribution in [1.29, 1.82) is 0 Å². The van der Waals surface area contributed by atoms with Crippen LogP contribution in [-0.2, 0) is 4.74 Å². The summed E-state index contributed by atoms with van der Waals surface area (Å²) < 4.78 is 10.8. The van der Waals surface area contributed by atoms with E-state index in [4.69, 9.17) is 14.3 Å². The van der Waals surface area contributed by atoms with Gasteiger partial charge in [-0.25, -0.2) is 4.79 Å². The van der Waals surface area contributed by atoms with Crippen molar-refractivity contribution in [1.82, 2.24) is 0 Å². The van der Waals surface area contributed by atoms with Crippen LogP contribution in [0.4, 0.5) is 5.88 Å². The number of carbonyl (C=O) groups is 1. The lowest BCUT2D eigenvalue weighted by Gasteiger charge is -2.32. The third-order valence-electron chi connectivity index (χ3n) is 2.71. The van der Waals surface area contributed by atoms with Crippen LogP contribution in [0, 0.1) is 0 Å². The Morgan fingerprint density at radius 1 is 1.62 bits per heavy atom. The summed E-state index contributed by atoms with van der Waals surface area (Å²) >= 11 is 0. The lowest BCUT2D eigenvalue weighted by atomic mass is 10.2. The second-order valence-corrected chi connectivity index (χ2v) is 3.79. The van der Waals surface area contributed by atoms with Crippen LogP contribution in [0.1, 0.15) is 23.9 Å². The average molecular weight is 225 g/mol. The molecular weight excluding hydrogens is 210 g/mol. The number of aromatic carboxylic acids is 1. The summed E-state index contributed by atoms with van der Waals surface area (Å²) in [7, 11) is 0. The minimum atomic E-state index is -1.04. The summed E-state index contributed by atoms with van der Waals surface area (Å²) in [6.45, 7) is 4.22. The quantitative estimate of drug-likeness (QED) is 0.846. The topological polar surface area (TPSA) is 62.9 Å². The number of morpholine rings is 1. The standard InChI is InChI=1S/C11H15NO4/c1-2-8-7-12(5-6-15-8)10-4-3-9(16-10)11(13)14/h3-4,8H,2,5-7H2,1H3,(H,13,14). The summed E-state index contributed by atoms with van der Waals surface area (Å²) in [4.78, 5) is 12.7. The maximum atomic E-state index is 10.7. The summed E-state index contributed by atoms with van der Waals surface area (Å²) in [5.74, 6) is -0.444. The number of hydrogen-bond donors (Lipinski definition) is 1. The van der Waals surface area contributed by atoms with Crippen molar-refractivity contribution in [3.8, 4) is 0 Å². The van der Waals surface area contributed by atoms with Crippen LogP contribution in [0.3, 0.4) is 0 Å². The molecule has 2 rings (SSSR count). The molecule has 1 atom stereocenters. The summed E-state index contributed by atoms with van der Waals surface area (Å²) in [6, 6.07) is 3.18. The molecule has 0 aliphatic carbocycles. The van der Waals surface area contributed by atoms with E-state index in [2.05, 4.69) is 6.92 Å². The first-order valence-corrected chi connectivity index (χ1v) is 5.40. The molecule has 2 heterocycles. The van der Waals surface area contributed by atoms with Crippen molar-refractivity contribution in [3.63, 3.8) is 0 Å². The SMILES string of the molecule is CCC1CN(c2ccc(C(=O)O)o2)CCO1. The van der Waals surface area contributed by atoms with Crippen LogP contribution in [0.25, 0.3) is 0 Å². The zero-order valence-electron chi connectivity index (χ0n) is 9.18. The van der Waals surface area contributed by atoms with Crippen LogP contribution in [0.2, 0.25) is 0 Å². The fraction of sp³-hybridized carbons (Fsp3) is 0.545. The molecule has 1 aliphatic rings.